The molecular weight excluding hydrogens is 274 g/mol. The van der Waals surface area contributed by atoms with Gasteiger partial charge in [-0.25, -0.2) is 4.39 Å². The molecule has 2 aromatic rings. The Bertz CT molecular complexity index is 570. The zero-order valence-corrected chi connectivity index (χ0v) is 11.2. The fraction of sp³-hybridized carbons (Fsp3) is 0.143. The molecule has 0 aliphatic carbocycles. The summed E-state index contributed by atoms with van der Waals surface area (Å²) in [6.07, 6.45) is 0. The fourth-order valence-electron chi connectivity index (χ4n) is 1.46. The van der Waals surface area contributed by atoms with E-state index in [-0.39, 0.29) is 12.4 Å². The van der Waals surface area contributed by atoms with Crippen molar-refractivity contribution < 1.29 is 9.13 Å². The molecule has 0 amide bonds. The Morgan fingerprint density at radius 3 is 2.56 bits per heavy atom. The minimum atomic E-state index is -0.283. The van der Waals surface area contributed by atoms with Gasteiger partial charge in [-0.1, -0.05) is 35.3 Å². The average Bonchev–Trinajstić information content (AvgIpc) is 2.32. The second-order valence-corrected chi connectivity index (χ2v) is 4.78. The highest BCUT2D eigenvalue weighted by atomic mass is 35.5. The summed E-state index contributed by atoms with van der Waals surface area (Å²) in [6.45, 7) is 1.98. The lowest BCUT2D eigenvalue weighted by Crippen LogP contribution is -1.97. The van der Waals surface area contributed by atoms with Gasteiger partial charge in [-0.15, -0.1) is 0 Å². The third-order valence-electron chi connectivity index (χ3n) is 2.55. The van der Waals surface area contributed by atoms with Gasteiger partial charge < -0.3 is 4.74 Å². The molecule has 0 N–H and O–H groups in total. The minimum absolute atomic E-state index is 0.276. The maximum Gasteiger partial charge on any atom is 0.129 e. The van der Waals surface area contributed by atoms with E-state index < -0.39 is 0 Å². The van der Waals surface area contributed by atoms with Gasteiger partial charge in [0, 0.05) is 21.7 Å². The monoisotopic (exact) mass is 284 g/mol. The topological polar surface area (TPSA) is 9.23 Å². The van der Waals surface area contributed by atoms with E-state index in [1.165, 1.54) is 6.07 Å². The largest absolute Gasteiger partial charge is 0.489 e. The number of hydrogen-bond donors (Lipinski definition) is 0. The Hall–Kier alpha value is -1.25. The first-order valence-corrected chi connectivity index (χ1v) is 6.15. The fourth-order valence-corrected chi connectivity index (χ4v) is 1.93. The normalized spacial score (nSPS) is 10.4. The predicted octanol–water partition coefficient (Wildman–Crippen LogP) is 5.02. The van der Waals surface area contributed by atoms with E-state index in [1.54, 1.807) is 37.3 Å². The molecule has 0 saturated heterocycles. The van der Waals surface area contributed by atoms with Crippen LogP contribution in [0.1, 0.15) is 11.1 Å². The number of benzene rings is 2. The van der Waals surface area contributed by atoms with Gasteiger partial charge in [0.25, 0.3) is 0 Å². The van der Waals surface area contributed by atoms with Gasteiger partial charge in [-0.05, 0) is 30.7 Å². The molecule has 18 heavy (non-hydrogen) atoms. The molecule has 2 aromatic carbocycles. The predicted molar refractivity (Wildman–Crippen MR) is 71.9 cm³/mol. The van der Waals surface area contributed by atoms with Crippen LogP contribution in [0.2, 0.25) is 10.0 Å². The molecule has 0 aromatic heterocycles. The molecule has 0 aliphatic rings. The van der Waals surface area contributed by atoms with Crippen LogP contribution < -0.4 is 4.74 Å². The molecule has 4 heteroatoms. The first kappa shape index (κ1) is 13.2. The molecule has 0 fully saturated rings. The Morgan fingerprint density at radius 2 is 1.89 bits per heavy atom. The van der Waals surface area contributed by atoms with Crippen molar-refractivity contribution in [2.75, 3.05) is 0 Å². The van der Waals surface area contributed by atoms with E-state index >= 15 is 0 Å². The zero-order valence-electron chi connectivity index (χ0n) is 9.71. The summed E-state index contributed by atoms with van der Waals surface area (Å²) >= 11 is 11.8. The van der Waals surface area contributed by atoms with Crippen molar-refractivity contribution in [1.29, 1.82) is 0 Å². The van der Waals surface area contributed by atoms with Gasteiger partial charge in [0.2, 0.25) is 0 Å². The molecule has 0 bridgehead atoms. The molecule has 0 spiro atoms. The van der Waals surface area contributed by atoms with E-state index in [2.05, 4.69) is 0 Å². The second kappa shape index (κ2) is 5.59. The number of hydrogen-bond acceptors (Lipinski definition) is 1. The lowest BCUT2D eigenvalue weighted by molar-refractivity contribution is 0.304. The van der Waals surface area contributed by atoms with Gasteiger partial charge in [-0.2, -0.15) is 0 Å². The lowest BCUT2D eigenvalue weighted by atomic mass is 10.2. The molecule has 1 nitrogen and oxygen atoms in total. The highest BCUT2D eigenvalue weighted by Gasteiger charge is 2.04. The van der Waals surface area contributed by atoms with Crippen molar-refractivity contribution in [3.05, 3.63) is 63.4 Å². The van der Waals surface area contributed by atoms with Crippen LogP contribution in [0.15, 0.2) is 36.4 Å². The van der Waals surface area contributed by atoms with Gasteiger partial charge in [0.15, 0.2) is 0 Å². The van der Waals surface area contributed by atoms with Crippen molar-refractivity contribution in [3.8, 4) is 5.75 Å². The van der Waals surface area contributed by atoms with Crippen molar-refractivity contribution in [2.45, 2.75) is 13.5 Å². The molecule has 0 saturated carbocycles. The van der Waals surface area contributed by atoms with Crippen LogP contribution in [-0.4, -0.2) is 0 Å². The number of rotatable bonds is 3. The standard InChI is InChI=1S/C14H11Cl2FO/c1-9-2-5-12(7-14(9)17)18-8-10-3-4-11(15)6-13(10)16/h2-7H,8H2,1H3. The van der Waals surface area contributed by atoms with Crippen molar-refractivity contribution in [2.24, 2.45) is 0 Å². The van der Waals surface area contributed by atoms with Crippen LogP contribution in [0.5, 0.6) is 5.75 Å². The Balaban J connectivity index is 2.09. The third kappa shape index (κ3) is 3.15. The number of halogens is 3. The summed E-state index contributed by atoms with van der Waals surface area (Å²) in [5.74, 6) is 0.193. The van der Waals surface area contributed by atoms with E-state index in [0.29, 0.717) is 21.4 Å². The van der Waals surface area contributed by atoms with Crippen LogP contribution in [-0.2, 0) is 6.61 Å². The van der Waals surface area contributed by atoms with Gasteiger partial charge in [-0.3, -0.25) is 0 Å². The zero-order chi connectivity index (χ0) is 13.1. The smallest absolute Gasteiger partial charge is 0.129 e. The van der Waals surface area contributed by atoms with Crippen LogP contribution in [0, 0.1) is 12.7 Å². The van der Waals surface area contributed by atoms with Crippen molar-refractivity contribution in [3.63, 3.8) is 0 Å². The molecule has 2 rings (SSSR count). The Morgan fingerprint density at radius 1 is 1.11 bits per heavy atom. The van der Waals surface area contributed by atoms with E-state index in [1.807, 2.05) is 0 Å². The summed E-state index contributed by atoms with van der Waals surface area (Å²) in [5.41, 5.74) is 1.40. The van der Waals surface area contributed by atoms with Gasteiger partial charge >= 0.3 is 0 Å². The summed E-state index contributed by atoms with van der Waals surface area (Å²) in [5, 5.41) is 1.11. The van der Waals surface area contributed by atoms with E-state index in [4.69, 9.17) is 27.9 Å². The average molecular weight is 285 g/mol. The molecule has 0 heterocycles. The van der Waals surface area contributed by atoms with Crippen LogP contribution in [0.25, 0.3) is 0 Å². The molecule has 0 aliphatic heterocycles. The summed E-state index contributed by atoms with van der Waals surface area (Å²) in [7, 11) is 0. The second-order valence-electron chi connectivity index (χ2n) is 3.94. The number of aryl methyl sites for hydroxylation is 1. The Kier molecular flexibility index (Phi) is 4.10. The molecule has 0 unspecified atom stereocenters. The maximum absolute atomic E-state index is 13.3. The summed E-state index contributed by atoms with van der Waals surface area (Å²) < 4.78 is 18.8. The van der Waals surface area contributed by atoms with Crippen LogP contribution in [0.4, 0.5) is 4.39 Å². The maximum atomic E-state index is 13.3. The molecular formula is C14H11Cl2FO. The molecule has 0 radical (unpaired) electrons. The van der Waals surface area contributed by atoms with E-state index in [9.17, 15) is 4.39 Å². The van der Waals surface area contributed by atoms with Crippen LogP contribution >= 0.6 is 23.2 Å². The van der Waals surface area contributed by atoms with Crippen molar-refractivity contribution >= 4 is 23.2 Å². The SMILES string of the molecule is Cc1ccc(OCc2ccc(Cl)cc2Cl)cc1F. The highest BCUT2D eigenvalue weighted by molar-refractivity contribution is 6.35. The Labute approximate surface area is 115 Å². The lowest BCUT2D eigenvalue weighted by Gasteiger charge is -2.08. The van der Waals surface area contributed by atoms with Gasteiger partial charge in [0.05, 0.1) is 0 Å². The minimum Gasteiger partial charge on any atom is -0.489 e. The highest BCUT2D eigenvalue weighted by Crippen LogP contribution is 2.23. The summed E-state index contributed by atoms with van der Waals surface area (Å²) in [6, 6.07) is 9.93. The van der Waals surface area contributed by atoms with Gasteiger partial charge in [0.1, 0.15) is 18.2 Å². The summed E-state index contributed by atoms with van der Waals surface area (Å²) in [4.78, 5) is 0. The quantitative estimate of drug-likeness (QED) is 0.769. The van der Waals surface area contributed by atoms with Crippen LogP contribution in [0.3, 0.4) is 0 Å². The molecule has 94 valence electrons. The van der Waals surface area contributed by atoms with E-state index in [0.717, 1.165) is 5.56 Å². The number of ether oxygens (including phenoxy) is 1. The molecule has 0 atom stereocenters. The van der Waals surface area contributed by atoms with Crippen molar-refractivity contribution in [1.82, 2.24) is 0 Å². The third-order valence-corrected chi connectivity index (χ3v) is 3.14. The first-order valence-electron chi connectivity index (χ1n) is 5.39. The first-order chi connectivity index (χ1) is 8.56.